The van der Waals surface area contributed by atoms with Gasteiger partial charge in [-0.05, 0) is 37.1 Å². The molecule has 6 nitrogen and oxygen atoms in total. The van der Waals surface area contributed by atoms with E-state index in [1.807, 2.05) is 0 Å². The van der Waals surface area contributed by atoms with Crippen LogP contribution in [0, 0.1) is 0 Å². The maximum absolute atomic E-state index is 12.6. The Morgan fingerprint density at radius 3 is 2.56 bits per heavy atom. The molecule has 8 heteroatoms. The van der Waals surface area contributed by atoms with Gasteiger partial charge in [-0.1, -0.05) is 36.6 Å². The smallest absolute Gasteiger partial charge is 0.264 e. The molecule has 1 aliphatic rings. The largest absolute Gasteiger partial charge is 0.349 e. The van der Waals surface area contributed by atoms with Gasteiger partial charge < -0.3 is 5.32 Å². The Bertz CT molecular complexity index is 880. The molecule has 1 amide bonds. The Kier molecular flexibility index (Phi) is 5.24. The van der Waals surface area contributed by atoms with Gasteiger partial charge in [0.2, 0.25) is 0 Å². The van der Waals surface area contributed by atoms with Crippen LogP contribution in [0.4, 0.5) is 5.69 Å². The third-order valence-electron chi connectivity index (χ3n) is 4.12. The molecule has 2 N–H and O–H groups in total. The SMILES string of the molecule is O=C(NC1CCCC1)c1ccccc1NS(=O)(=O)c1cccnc1Cl. The zero-order valence-electron chi connectivity index (χ0n) is 13.4. The Labute approximate surface area is 151 Å². The van der Waals surface area contributed by atoms with Crippen LogP contribution in [-0.2, 0) is 10.0 Å². The molecule has 0 bridgehead atoms. The van der Waals surface area contributed by atoms with Gasteiger partial charge in [0.25, 0.3) is 15.9 Å². The Balaban J connectivity index is 1.85. The Morgan fingerprint density at radius 2 is 1.84 bits per heavy atom. The Hall–Kier alpha value is -2.12. The van der Waals surface area contributed by atoms with Gasteiger partial charge in [0.15, 0.2) is 0 Å². The monoisotopic (exact) mass is 379 g/mol. The summed E-state index contributed by atoms with van der Waals surface area (Å²) in [5.41, 5.74) is 0.482. The minimum Gasteiger partial charge on any atom is -0.349 e. The zero-order chi connectivity index (χ0) is 17.9. The van der Waals surface area contributed by atoms with Crippen molar-refractivity contribution in [2.24, 2.45) is 0 Å². The van der Waals surface area contributed by atoms with Gasteiger partial charge in [0, 0.05) is 12.2 Å². The van der Waals surface area contributed by atoms with Crippen LogP contribution in [0.5, 0.6) is 0 Å². The highest BCUT2D eigenvalue weighted by molar-refractivity contribution is 7.92. The van der Waals surface area contributed by atoms with E-state index in [1.54, 1.807) is 24.3 Å². The number of carbonyl (C=O) groups is 1. The van der Waals surface area contributed by atoms with E-state index in [2.05, 4.69) is 15.0 Å². The topological polar surface area (TPSA) is 88.2 Å². The summed E-state index contributed by atoms with van der Waals surface area (Å²) in [4.78, 5) is 16.2. The number of anilines is 1. The van der Waals surface area contributed by atoms with Crippen LogP contribution in [0.2, 0.25) is 5.15 Å². The van der Waals surface area contributed by atoms with Gasteiger partial charge in [-0.2, -0.15) is 0 Å². The highest BCUT2D eigenvalue weighted by Crippen LogP contribution is 2.24. The first kappa shape index (κ1) is 17.7. The zero-order valence-corrected chi connectivity index (χ0v) is 15.0. The number of hydrogen-bond donors (Lipinski definition) is 2. The summed E-state index contributed by atoms with van der Waals surface area (Å²) in [6.45, 7) is 0. The number of nitrogens with one attached hydrogen (secondary N) is 2. The number of carbonyl (C=O) groups excluding carboxylic acids is 1. The second kappa shape index (κ2) is 7.41. The third kappa shape index (κ3) is 4.11. The number of sulfonamides is 1. The van der Waals surface area contributed by atoms with E-state index >= 15 is 0 Å². The highest BCUT2D eigenvalue weighted by Gasteiger charge is 2.23. The van der Waals surface area contributed by atoms with Crippen molar-refractivity contribution in [1.82, 2.24) is 10.3 Å². The van der Waals surface area contributed by atoms with Gasteiger partial charge in [0.1, 0.15) is 10.0 Å². The summed E-state index contributed by atoms with van der Waals surface area (Å²) in [7, 11) is -3.95. The number of halogens is 1. The normalized spacial score (nSPS) is 15.1. The van der Waals surface area contributed by atoms with Crippen molar-refractivity contribution in [3.05, 3.63) is 53.3 Å². The van der Waals surface area contributed by atoms with Gasteiger partial charge in [0.05, 0.1) is 11.3 Å². The fourth-order valence-electron chi connectivity index (χ4n) is 2.87. The molecule has 1 heterocycles. The standard InChI is InChI=1S/C17H18ClN3O3S/c18-16-15(10-5-11-19-16)25(23,24)21-14-9-4-3-8-13(14)17(22)20-12-6-1-2-7-12/h3-5,8-12,21H,1-2,6-7H2,(H,20,22). The lowest BCUT2D eigenvalue weighted by atomic mass is 10.1. The highest BCUT2D eigenvalue weighted by atomic mass is 35.5. The minimum absolute atomic E-state index is 0.122. The molecule has 0 saturated heterocycles. The molecule has 1 aliphatic carbocycles. The second-order valence-electron chi connectivity index (χ2n) is 5.90. The number of nitrogens with zero attached hydrogens (tertiary/aromatic N) is 1. The molecule has 25 heavy (non-hydrogen) atoms. The summed E-state index contributed by atoms with van der Waals surface area (Å²) >= 11 is 5.88. The summed E-state index contributed by atoms with van der Waals surface area (Å²) in [5, 5.41) is 2.84. The molecule has 1 saturated carbocycles. The average Bonchev–Trinajstić information content (AvgIpc) is 3.08. The Morgan fingerprint density at radius 1 is 1.12 bits per heavy atom. The van der Waals surface area contributed by atoms with Crippen molar-refractivity contribution >= 4 is 33.2 Å². The molecule has 0 aliphatic heterocycles. The lowest BCUT2D eigenvalue weighted by Gasteiger charge is -2.15. The first-order valence-electron chi connectivity index (χ1n) is 8.00. The van der Waals surface area contributed by atoms with Crippen LogP contribution < -0.4 is 10.0 Å². The number of aromatic nitrogens is 1. The van der Waals surface area contributed by atoms with E-state index in [9.17, 15) is 13.2 Å². The van der Waals surface area contributed by atoms with E-state index < -0.39 is 10.0 Å². The number of hydrogen-bond acceptors (Lipinski definition) is 4. The minimum atomic E-state index is -3.95. The van der Waals surface area contributed by atoms with Crippen molar-refractivity contribution < 1.29 is 13.2 Å². The van der Waals surface area contributed by atoms with Crippen LogP contribution in [0.1, 0.15) is 36.0 Å². The number of benzene rings is 1. The maximum atomic E-state index is 12.6. The number of para-hydroxylation sites is 1. The fraction of sp³-hybridized carbons (Fsp3) is 0.294. The summed E-state index contributed by atoms with van der Waals surface area (Å²) in [6.07, 6.45) is 5.50. The third-order valence-corrected chi connectivity index (χ3v) is 5.93. The molecule has 1 aromatic carbocycles. The molecule has 0 unspecified atom stereocenters. The van der Waals surface area contributed by atoms with Gasteiger partial charge in [-0.25, -0.2) is 13.4 Å². The van der Waals surface area contributed by atoms with Crippen molar-refractivity contribution in [3.63, 3.8) is 0 Å². The van der Waals surface area contributed by atoms with Crippen LogP contribution in [0.15, 0.2) is 47.5 Å². The molecular formula is C17H18ClN3O3S. The first-order chi connectivity index (χ1) is 12.0. The summed E-state index contributed by atoms with van der Waals surface area (Å²) in [6, 6.07) is 9.48. The van der Waals surface area contributed by atoms with E-state index in [0.717, 1.165) is 25.7 Å². The lowest BCUT2D eigenvalue weighted by Crippen LogP contribution is -2.33. The molecular weight excluding hydrogens is 362 g/mol. The molecule has 1 aromatic heterocycles. The fourth-order valence-corrected chi connectivity index (χ4v) is 4.41. The predicted octanol–water partition coefficient (Wildman–Crippen LogP) is 3.21. The van der Waals surface area contributed by atoms with E-state index in [4.69, 9.17) is 11.6 Å². The maximum Gasteiger partial charge on any atom is 0.264 e. The molecule has 3 rings (SSSR count). The number of pyridine rings is 1. The number of amides is 1. The summed E-state index contributed by atoms with van der Waals surface area (Å²) in [5.74, 6) is -0.289. The van der Waals surface area contributed by atoms with E-state index in [1.165, 1.54) is 18.3 Å². The van der Waals surface area contributed by atoms with Crippen molar-refractivity contribution in [3.8, 4) is 0 Å². The molecule has 1 fully saturated rings. The van der Waals surface area contributed by atoms with Crippen molar-refractivity contribution in [2.45, 2.75) is 36.6 Å². The average molecular weight is 380 g/mol. The predicted molar refractivity (Wildman–Crippen MR) is 96.2 cm³/mol. The van der Waals surface area contributed by atoms with Crippen LogP contribution in [-0.4, -0.2) is 25.4 Å². The van der Waals surface area contributed by atoms with Crippen molar-refractivity contribution in [2.75, 3.05) is 4.72 Å². The molecule has 2 aromatic rings. The van der Waals surface area contributed by atoms with Crippen LogP contribution in [0.25, 0.3) is 0 Å². The quantitative estimate of drug-likeness (QED) is 0.781. The van der Waals surface area contributed by atoms with Crippen molar-refractivity contribution in [1.29, 1.82) is 0 Å². The second-order valence-corrected chi connectivity index (χ2v) is 7.91. The molecule has 0 atom stereocenters. The molecule has 132 valence electrons. The van der Waals surface area contributed by atoms with Gasteiger partial charge in [-0.3, -0.25) is 9.52 Å². The van der Waals surface area contributed by atoms with Gasteiger partial charge in [-0.15, -0.1) is 0 Å². The number of rotatable bonds is 5. The van der Waals surface area contributed by atoms with E-state index in [-0.39, 0.29) is 33.2 Å². The van der Waals surface area contributed by atoms with Gasteiger partial charge >= 0.3 is 0 Å². The first-order valence-corrected chi connectivity index (χ1v) is 9.87. The summed E-state index contributed by atoms with van der Waals surface area (Å²) < 4.78 is 27.6. The molecule has 0 spiro atoms. The molecule has 0 radical (unpaired) electrons. The lowest BCUT2D eigenvalue weighted by molar-refractivity contribution is 0.0939. The van der Waals surface area contributed by atoms with Crippen LogP contribution >= 0.6 is 11.6 Å². The van der Waals surface area contributed by atoms with Crippen LogP contribution in [0.3, 0.4) is 0 Å². The van der Waals surface area contributed by atoms with E-state index in [0.29, 0.717) is 0 Å².